The summed E-state index contributed by atoms with van der Waals surface area (Å²) in [6, 6.07) is 6.31. The van der Waals surface area contributed by atoms with Gasteiger partial charge in [-0.1, -0.05) is 0 Å². The Morgan fingerprint density at radius 1 is 0.944 bits per heavy atom. The number of benzene rings is 1. The molecule has 18 heavy (non-hydrogen) atoms. The smallest absolute Gasteiger partial charge is 0.123 e. The molecule has 0 aliphatic carbocycles. The molecule has 0 N–H and O–H groups in total. The molecule has 0 fully saturated rings. The first-order valence-electron chi connectivity index (χ1n) is 6.28. The number of ether oxygens (including phenoxy) is 1. The van der Waals surface area contributed by atoms with Gasteiger partial charge in [0.2, 0.25) is 0 Å². The highest BCUT2D eigenvalue weighted by Gasteiger charge is 2.05. The summed E-state index contributed by atoms with van der Waals surface area (Å²) in [5.74, 6) is 1.85. The van der Waals surface area contributed by atoms with E-state index in [4.69, 9.17) is 4.74 Å². The maximum Gasteiger partial charge on any atom is 0.123 e. The van der Waals surface area contributed by atoms with Crippen LogP contribution in [-0.4, -0.2) is 40.6 Å². The Morgan fingerprint density at radius 2 is 1.50 bits per heavy atom. The highest BCUT2D eigenvalue weighted by atomic mass is 32.1. The topological polar surface area (TPSA) is 15.7 Å². The van der Waals surface area contributed by atoms with Gasteiger partial charge in [0.25, 0.3) is 0 Å². The van der Waals surface area contributed by atoms with Crippen LogP contribution in [0.4, 0.5) is 11.4 Å². The Balaban J connectivity index is 2.76. The molecule has 102 valence electrons. The van der Waals surface area contributed by atoms with Crippen LogP contribution in [-0.2, 0) is 0 Å². The van der Waals surface area contributed by atoms with E-state index in [1.807, 2.05) is 28.2 Å². The summed E-state index contributed by atoms with van der Waals surface area (Å²) in [5.41, 5.74) is 2.32. The average molecular weight is 268 g/mol. The fraction of sp³-hybridized carbons (Fsp3) is 0.571. The molecule has 4 heteroatoms. The third-order valence-corrected chi connectivity index (χ3v) is 3.05. The lowest BCUT2D eigenvalue weighted by Gasteiger charge is -2.20. The first-order chi connectivity index (χ1) is 8.54. The van der Waals surface area contributed by atoms with Crippen molar-refractivity contribution in [3.63, 3.8) is 0 Å². The van der Waals surface area contributed by atoms with Crippen LogP contribution >= 0.6 is 12.6 Å². The molecular formula is C14H24N2OS. The number of rotatable bonds is 7. The molecule has 0 saturated carbocycles. The molecule has 0 spiro atoms. The van der Waals surface area contributed by atoms with Gasteiger partial charge in [-0.05, 0) is 24.7 Å². The summed E-state index contributed by atoms with van der Waals surface area (Å²) in [6.07, 6.45) is 2.14. The third kappa shape index (κ3) is 4.69. The van der Waals surface area contributed by atoms with Gasteiger partial charge in [-0.15, -0.1) is 0 Å². The molecule has 0 atom stereocenters. The first kappa shape index (κ1) is 15.0. The van der Waals surface area contributed by atoms with Crippen LogP contribution in [0.2, 0.25) is 0 Å². The van der Waals surface area contributed by atoms with Crippen LogP contribution in [0.1, 0.15) is 12.8 Å². The highest BCUT2D eigenvalue weighted by Crippen LogP contribution is 2.27. The summed E-state index contributed by atoms with van der Waals surface area (Å²) >= 11 is 4.20. The van der Waals surface area contributed by atoms with E-state index in [-0.39, 0.29) is 0 Å². The molecule has 0 amide bonds. The molecule has 0 unspecified atom stereocenters. The predicted octanol–water partition coefficient (Wildman–Crippen LogP) is 2.91. The lowest BCUT2D eigenvalue weighted by Crippen LogP contribution is -2.13. The van der Waals surface area contributed by atoms with E-state index in [2.05, 4.69) is 40.6 Å². The normalized spacial score (nSPS) is 10.3. The van der Waals surface area contributed by atoms with Crippen LogP contribution in [0.5, 0.6) is 5.75 Å². The van der Waals surface area contributed by atoms with Gasteiger partial charge in [0.1, 0.15) is 5.75 Å². The van der Waals surface area contributed by atoms with Crippen molar-refractivity contribution in [1.82, 2.24) is 0 Å². The van der Waals surface area contributed by atoms with Crippen molar-refractivity contribution in [2.45, 2.75) is 12.8 Å². The van der Waals surface area contributed by atoms with E-state index < -0.39 is 0 Å². The highest BCUT2D eigenvalue weighted by molar-refractivity contribution is 7.80. The van der Waals surface area contributed by atoms with Crippen molar-refractivity contribution in [1.29, 1.82) is 0 Å². The number of hydrogen-bond acceptors (Lipinski definition) is 4. The van der Waals surface area contributed by atoms with Gasteiger partial charge in [-0.25, -0.2) is 0 Å². The molecule has 1 rings (SSSR count). The molecule has 1 aromatic carbocycles. The Hall–Kier alpha value is -1.03. The van der Waals surface area contributed by atoms with Crippen molar-refractivity contribution >= 4 is 24.0 Å². The molecule has 0 radical (unpaired) electrons. The van der Waals surface area contributed by atoms with E-state index in [0.717, 1.165) is 42.3 Å². The molecule has 0 bridgehead atoms. The Bertz CT molecular complexity index is 341. The number of hydrogen-bond donors (Lipinski definition) is 1. The van der Waals surface area contributed by atoms with Gasteiger partial charge < -0.3 is 14.5 Å². The monoisotopic (exact) mass is 268 g/mol. The first-order valence-corrected chi connectivity index (χ1v) is 6.91. The Morgan fingerprint density at radius 3 is 1.94 bits per heavy atom. The van der Waals surface area contributed by atoms with E-state index in [1.165, 1.54) is 0 Å². The third-order valence-electron chi connectivity index (χ3n) is 2.73. The molecule has 0 saturated heterocycles. The van der Waals surface area contributed by atoms with E-state index in [9.17, 15) is 0 Å². The van der Waals surface area contributed by atoms with Crippen LogP contribution in [0.3, 0.4) is 0 Å². The van der Waals surface area contributed by atoms with Gasteiger partial charge in [0, 0.05) is 51.7 Å². The standard InChI is InChI=1S/C14H24N2OS/c1-15(2)12-9-13(16(3)4)11-14(10-12)17-7-5-6-8-18/h9-11,18H,5-8H2,1-4H3. The van der Waals surface area contributed by atoms with Crippen LogP contribution in [0.15, 0.2) is 18.2 Å². The molecule has 0 aliphatic heterocycles. The summed E-state index contributed by atoms with van der Waals surface area (Å²) in [4.78, 5) is 4.18. The zero-order valence-electron chi connectivity index (χ0n) is 11.8. The maximum atomic E-state index is 5.80. The fourth-order valence-corrected chi connectivity index (χ4v) is 1.80. The van der Waals surface area contributed by atoms with Gasteiger partial charge in [0.05, 0.1) is 6.61 Å². The number of unbranched alkanes of at least 4 members (excludes halogenated alkanes) is 1. The summed E-state index contributed by atoms with van der Waals surface area (Å²) in [7, 11) is 8.16. The van der Waals surface area contributed by atoms with Crippen LogP contribution in [0.25, 0.3) is 0 Å². The van der Waals surface area contributed by atoms with Gasteiger partial charge in [-0.3, -0.25) is 0 Å². The van der Waals surface area contributed by atoms with E-state index in [0.29, 0.717) is 0 Å². The van der Waals surface area contributed by atoms with Gasteiger partial charge in [-0.2, -0.15) is 12.6 Å². The van der Waals surface area contributed by atoms with E-state index in [1.54, 1.807) is 0 Å². The molecule has 3 nitrogen and oxygen atoms in total. The van der Waals surface area contributed by atoms with Crippen molar-refractivity contribution in [3.05, 3.63) is 18.2 Å². The predicted molar refractivity (Wildman–Crippen MR) is 83.7 cm³/mol. The second kappa shape index (κ2) is 7.41. The molecule has 0 heterocycles. The van der Waals surface area contributed by atoms with Crippen LogP contribution < -0.4 is 14.5 Å². The molecule has 0 aromatic heterocycles. The minimum atomic E-state index is 0.754. The number of anilines is 2. The SMILES string of the molecule is CN(C)c1cc(OCCCCS)cc(N(C)C)c1. The summed E-state index contributed by atoms with van der Waals surface area (Å²) in [5, 5.41) is 0. The number of thiol groups is 1. The fourth-order valence-electron chi connectivity index (χ4n) is 1.57. The minimum absolute atomic E-state index is 0.754. The summed E-state index contributed by atoms with van der Waals surface area (Å²) in [6.45, 7) is 0.754. The number of nitrogens with zero attached hydrogens (tertiary/aromatic N) is 2. The quantitative estimate of drug-likeness (QED) is 0.605. The second-order valence-corrected chi connectivity index (χ2v) is 5.20. The maximum absolute atomic E-state index is 5.80. The van der Waals surface area contributed by atoms with Gasteiger partial charge in [0.15, 0.2) is 0 Å². The molecular weight excluding hydrogens is 244 g/mol. The van der Waals surface area contributed by atoms with Crippen molar-refractivity contribution < 1.29 is 4.74 Å². The van der Waals surface area contributed by atoms with Gasteiger partial charge >= 0.3 is 0 Å². The summed E-state index contributed by atoms with van der Waals surface area (Å²) < 4.78 is 5.80. The van der Waals surface area contributed by atoms with E-state index >= 15 is 0 Å². The molecule has 0 aliphatic rings. The van der Waals surface area contributed by atoms with Crippen molar-refractivity contribution in [2.24, 2.45) is 0 Å². The Kier molecular flexibility index (Phi) is 6.19. The van der Waals surface area contributed by atoms with Crippen LogP contribution in [0, 0.1) is 0 Å². The molecule has 1 aromatic rings. The van der Waals surface area contributed by atoms with Crippen molar-refractivity contribution in [3.8, 4) is 5.75 Å². The largest absolute Gasteiger partial charge is 0.493 e. The zero-order chi connectivity index (χ0) is 13.5. The average Bonchev–Trinajstić information content (AvgIpc) is 2.34. The minimum Gasteiger partial charge on any atom is -0.493 e. The second-order valence-electron chi connectivity index (χ2n) is 4.75. The Labute approximate surface area is 116 Å². The lowest BCUT2D eigenvalue weighted by molar-refractivity contribution is 0.310. The zero-order valence-corrected chi connectivity index (χ0v) is 12.7. The lowest BCUT2D eigenvalue weighted by atomic mass is 10.2. The van der Waals surface area contributed by atoms with Crippen molar-refractivity contribution in [2.75, 3.05) is 50.4 Å².